The van der Waals surface area contributed by atoms with E-state index in [1.54, 1.807) is 0 Å². The Hall–Kier alpha value is -0.410. The van der Waals surface area contributed by atoms with Gasteiger partial charge >= 0.3 is 0 Å². The number of rotatable bonds is 2. The second kappa shape index (κ2) is 4.62. The molecule has 1 aliphatic carbocycles. The molecule has 0 spiro atoms. The van der Waals surface area contributed by atoms with Crippen molar-refractivity contribution in [1.29, 1.82) is 0 Å². The molecule has 3 atom stereocenters. The number of likely N-dealkylation sites (tertiary alicyclic amines) is 1. The molecular weight excluding hydrogens is 190 g/mol. The normalized spacial score (nSPS) is 38.5. The van der Waals surface area contributed by atoms with E-state index in [1.165, 1.54) is 0 Å². The van der Waals surface area contributed by atoms with Gasteiger partial charge in [0.15, 0.2) is 0 Å². The van der Waals surface area contributed by atoms with Crippen LogP contribution < -0.4 is 0 Å². The van der Waals surface area contributed by atoms with Crippen LogP contribution in [0.1, 0.15) is 32.6 Å². The Balaban J connectivity index is 1.84. The van der Waals surface area contributed by atoms with Gasteiger partial charge in [0.1, 0.15) is 5.78 Å². The third-order valence-electron chi connectivity index (χ3n) is 3.75. The summed E-state index contributed by atoms with van der Waals surface area (Å²) in [6.07, 6.45) is 3.59. The Bertz CT molecular complexity index is 242. The largest absolute Gasteiger partial charge is 0.392 e. The number of aliphatic hydroxyl groups is 1. The standard InChI is InChI=1S/C12H21NO2/c1-9-2-3-12(15)10(6-9)7-13-5-4-11(14)8-13/h9-11,14H,2-8H2,1H3. The van der Waals surface area contributed by atoms with Crippen LogP contribution in [-0.4, -0.2) is 41.5 Å². The number of carbonyl (C=O) groups is 1. The monoisotopic (exact) mass is 211 g/mol. The van der Waals surface area contributed by atoms with Crippen LogP contribution in [0.25, 0.3) is 0 Å². The minimum absolute atomic E-state index is 0.166. The molecule has 0 aromatic carbocycles. The van der Waals surface area contributed by atoms with Crippen molar-refractivity contribution in [3.8, 4) is 0 Å². The van der Waals surface area contributed by atoms with Gasteiger partial charge in [-0.15, -0.1) is 0 Å². The van der Waals surface area contributed by atoms with Crippen molar-refractivity contribution in [2.75, 3.05) is 19.6 Å². The summed E-state index contributed by atoms with van der Waals surface area (Å²) >= 11 is 0. The Labute approximate surface area is 91.5 Å². The van der Waals surface area contributed by atoms with Gasteiger partial charge in [-0.25, -0.2) is 0 Å². The van der Waals surface area contributed by atoms with Crippen molar-refractivity contribution in [2.45, 2.75) is 38.7 Å². The van der Waals surface area contributed by atoms with Crippen LogP contribution >= 0.6 is 0 Å². The second-order valence-corrected chi connectivity index (χ2v) is 5.24. The zero-order chi connectivity index (χ0) is 10.8. The van der Waals surface area contributed by atoms with Gasteiger partial charge in [0.05, 0.1) is 6.10 Å². The van der Waals surface area contributed by atoms with E-state index in [0.29, 0.717) is 11.7 Å². The van der Waals surface area contributed by atoms with Gasteiger partial charge in [0.2, 0.25) is 0 Å². The highest BCUT2D eigenvalue weighted by Crippen LogP contribution is 2.27. The molecule has 1 heterocycles. The number of ketones is 1. The molecule has 1 N–H and O–H groups in total. The fourth-order valence-electron chi connectivity index (χ4n) is 2.79. The first-order valence-electron chi connectivity index (χ1n) is 6.08. The molecule has 3 heteroatoms. The molecule has 1 saturated heterocycles. The quantitative estimate of drug-likeness (QED) is 0.742. The predicted octanol–water partition coefficient (Wildman–Crippen LogP) is 1.06. The summed E-state index contributed by atoms with van der Waals surface area (Å²) in [5, 5.41) is 9.42. The molecule has 0 aromatic rings. The molecule has 86 valence electrons. The first-order valence-corrected chi connectivity index (χ1v) is 6.08. The third kappa shape index (κ3) is 2.79. The smallest absolute Gasteiger partial charge is 0.137 e. The number of nitrogens with zero attached hydrogens (tertiary/aromatic N) is 1. The SMILES string of the molecule is CC1CCC(=O)C(CN2CCC(O)C2)C1. The zero-order valence-corrected chi connectivity index (χ0v) is 9.48. The topological polar surface area (TPSA) is 40.5 Å². The average molecular weight is 211 g/mol. The van der Waals surface area contributed by atoms with Crippen LogP contribution in [0.4, 0.5) is 0 Å². The van der Waals surface area contributed by atoms with E-state index >= 15 is 0 Å². The van der Waals surface area contributed by atoms with Gasteiger partial charge in [-0.2, -0.15) is 0 Å². The molecular formula is C12H21NO2. The fraction of sp³-hybridized carbons (Fsp3) is 0.917. The minimum atomic E-state index is -0.166. The van der Waals surface area contributed by atoms with Crippen LogP contribution in [-0.2, 0) is 4.79 Å². The molecule has 1 saturated carbocycles. The van der Waals surface area contributed by atoms with E-state index in [0.717, 1.165) is 45.3 Å². The molecule has 3 unspecified atom stereocenters. The summed E-state index contributed by atoms with van der Waals surface area (Å²) in [6.45, 7) is 4.83. The van der Waals surface area contributed by atoms with E-state index in [2.05, 4.69) is 11.8 Å². The summed E-state index contributed by atoms with van der Waals surface area (Å²) in [5.41, 5.74) is 0. The van der Waals surface area contributed by atoms with Crippen molar-refractivity contribution in [2.24, 2.45) is 11.8 Å². The number of carbonyl (C=O) groups excluding carboxylic acids is 1. The second-order valence-electron chi connectivity index (χ2n) is 5.24. The van der Waals surface area contributed by atoms with Crippen LogP contribution in [0.5, 0.6) is 0 Å². The van der Waals surface area contributed by atoms with Crippen molar-refractivity contribution in [1.82, 2.24) is 4.90 Å². The van der Waals surface area contributed by atoms with E-state index in [9.17, 15) is 9.90 Å². The summed E-state index contributed by atoms with van der Waals surface area (Å²) in [7, 11) is 0. The molecule has 2 aliphatic rings. The fourth-order valence-corrected chi connectivity index (χ4v) is 2.79. The van der Waals surface area contributed by atoms with Gasteiger partial charge in [-0.1, -0.05) is 6.92 Å². The maximum atomic E-state index is 11.7. The van der Waals surface area contributed by atoms with Crippen LogP contribution in [0, 0.1) is 11.8 Å². The number of β-amino-alcohol motifs (C(OH)–C–C–N with tert-alkyl or cyclic N) is 1. The maximum Gasteiger partial charge on any atom is 0.137 e. The highest BCUT2D eigenvalue weighted by molar-refractivity contribution is 5.81. The number of aliphatic hydroxyl groups excluding tert-OH is 1. The Morgan fingerprint density at radius 2 is 2.27 bits per heavy atom. The molecule has 2 rings (SSSR count). The lowest BCUT2D eigenvalue weighted by molar-refractivity contribution is -0.126. The zero-order valence-electron chi connectivity index (χ0n) is 9.48. The summed E-state index contributed by atoms with van der Waals surface area (Å²) < 4.78 is 0. The van der Waals surface area contributed by atoms with Crippen molar-refractivity contribution in [3.05, 3.63) is 0 Å². The lowest BCUT2D eigenvalue weighted by Crippen LogP contribution is -2.35. The number of hydrogen-bond acceptors (Lipinski definition) is 3. The molecule has 0 radical (unpaired) electrons. The minimum Gasteiger partial charge on any atom is -0.392 e. The molecule has 0 aromatic heterocycles. The van der Waals surface area contributed by atoms with E-state index in [4.69, 9.17) is 0 Å². The van der Waals surface area contributed by atoms with Gasteiger partial charge in [-0.3, -0.25) is 9.69 Å². The summed E-state index contributed by atoms with van der Waals surface area (Å²) in [5.74, 6) is 1.37. The van der Waals surface area contributed by atoms with Crippen LogP contribution in [0.2, 0.25) is 0 Å². The molecule has 15 heavy (non-hydrogen) atoms. The van der Waals surface area contributed by atoms with Crippen molar-refractivity contribution >= 4 is 5.78 Å². The van der Waals surface area contributed by atoms with Crippen LogP contribution in [0.15, 0.2) is 0 Å². The van der Waals surface area contributed by atoms with Gasteiger partial charge < -0.3 is 5.11 Å². The Morgan fingerprint density at radius 3 is 2.93 bits per heavy atom. The van der Waals surface area contributed by atoms with Crippen LogP contribution in [0.3, 0.4) is 0 Å². The summed E-state index contributed by atoms with van der Waals surface area (Å²) in [6, 6.07) is 0. The Morgan fingerprint density at radius 1 is 1.47 bits per heavy atom. The van der Waals surface area contributed by atoms with Gasteiger partial charge in [0, 0.05) is 32.0 Å². The molecule has 2 fully saturated rings. The van der Waals surface area contributed by atoms with E-state index in [1.807, 2.05) is 0 Å². The molecule has 0 amide bonds. The number of Topliss-reactive ketones (excluding diaryl/α,β-unsaturated/α-hetero) is 1. The van der Waals surface area contributed by atoms with Crippen molar-refractivity contribution in [3.63, 3.8) is 0 Å². The highest BCUT2D eigenvalue weighted by atomic mass is 16.3. The highest BCUT2D eigenvalue weighted by Gasteiger charge is 2.30. The molecule has 0 bridgehead atoms. The van der Waals surface area contributed by atoms with Gasteiger partial charge in [-0.05, 0) is 25.2 Å². The molecule has 3 nitrogen and oxygen atoms in total. The lowest BCUT2D eigenvalue weighted by atomic mass is 9.81. The average Bonchev–Trinajstić information content (AvgIpc) is 2.58. The van der Waals surface area contributed by atoms with E-state index < -0.39 is 0 Å². The summed E-state index contributed by atoms with van der Waals surface area (Å²) in [4.78, 5) is 14.0. The Kier molecular flexibility index (Phi) is 3.42. The van der Waals surface area contributed by atoms with Crippen molar-refractivity contribution < 1.29 is 9.90 Å². The maximum absolute atomic E-state index is 11.7. The lowest BCUT2D eigenvalue weighted by Gasteiger charge is -2.28. The first-order chi connectivity index (χ1) is 7.15. The van der Waals surface area contributed by atoms with Gasteiger partial charge in [0.25, 0.3) is 0 Å². The molecule has 1 aliphatic heterocycles. The van der Waals surface area contributed by atoms with E-state index in [-0.39, 0.29) is 12.0 Å². The first kappa shape index (κ1) is 11.1. The predicted molar refractivity (Wildman–Crippen MR) is 58.6 cm³/mol. The number of hydrogen-bond donors (Lipinski definition) is 1. The third-order valence-corrected chi connectivity index (χ3v) is 3.75.